The van der Waals surface area contributed by atoms with Gasteiger partial charge in [-0.2, -0.15) is 5.10 Å². The van der Waals surface area contributed by atoms with Gasteiger partial charge in [-0.15, -0.1) is 0 Å². The van der Waals surface area contributed by atoms with Crippen LogP contribution in [0.3, 0.4) is 0 Å². The molecule has 2 saturated heterocycles. The van der Waals surface area contributed by atoms with Crippen molar-refractivity contribution in [3.63, 3.8) is 0 Å². The highest BCUT2D eigenvalue weighted by Crippen LogP contribution is 2.28. The van der Waals surface area contributed by atoms with E-state index in [1.54, 1.807) is 0 Å². The molecule has 2 bridgehead atoms. The molecular weight excluding hydrogens is 188 g/mol. The van der Waals surface area contributed by atoms with E-state index in [2.05, 4.69) is 21.4 Å². The summed E-state index contributed by atoms with van der Waals surface area (Å²) in [5, 5.41) is 7.95. The van der Waals surface area contributed by atoms with Gasteiger partial charge in [-0.25, -0.2) is 0 Å². The minimum atomic E-state index is 0.638. The smallest absolute Gasteiger partial charge is 0.148 e. The summed E-state index contributed by atoms with van der Waals surface area (Å²) in [6, 6.07) is 2.69. The van der Waals surface area contributed by atoms with Crippen LogP contribution in [0.1, 0.15) is 12.8 Å². The highest BCUT2D eigenvalue weighted by Gasteiger charge is 2.34. The van der Waals surface area contributed by atoms with E-state index in [0.29, 0.717) is 6.04 Å². The molecule has 3 heterocycles. The van der Waals surface area contributed by atoms with Crippen LogP contribution in [0.25, 0.3) is 0 Å². The van der Waals surface area contributed by atoms with Gasteiger partial charge < -0.3 is 10.2 Å². The topological polar surface area (TPSA) is 33.1 Å². The van der Waals surface area contributed by atoms with E-state index in [0.717, 1.165) is 11.7 Å². The first-order chi connectivity index (χ1) is 7.31. The molecule has 0 saturated carbocycles. The number of nitrogens with one attached hydrogen (secondary N) is 1. The molecule has 2 fully saturated rings. The van der Waals surface area contributed by atoms with Crippen LogP contribution in [-0.2, 0) is 7.05 Å². The molecule has 1 aromatic rings. The third-order valence-electron chi connectivity index (χ3n) is 3.68. The van der Waals surface area contributed by atoms with Crippen LogP contribution >= 0.6 is 0 Å². The maximum atomic E-state index is 4.38. The second-order valence-corrected chi connectivity index (χ2v) is 4.76. The Morgan fingerprint density at radius 2 is 2.27 bits per heavy atom. The van der Waals surface area contributed by atoms with E-state index in [4.69, 9.17) is 0 Å². The molecule has 1 aromatic heterocycles. The summed E-state index contributed by atoms with van der Waals surface area (Å²) in [7, 11) is 1.96. The Morgan fingerprint density at radius 1 is 1.40 bits per heavy atom. The highest BCUT2D eigenvalue weighted by atomic mass is 15.3. The monoisotopic (exact) mass is 206 g/mol. The molecule has 0 aliphatic carbocycles. The Hall–Kier alpha value is -1.03. The van der Waals surface area contributed by atoms with Crippen LogP contribution in [0.4, 0.5) is 5.82 Å². The molecule has 4 heteroatoms. The zero-order chi connectivity index (χ0) is 10.3. The van der Waals surface area contributed by atoms with Gasteiger partial charge in [-0.05, 0) is 25.3 Å². The van der Waals surface area contributed by atoms with Crippen LogP contribution in [0, 0.1) is 5.92 Å². The van der Waals surface area contributed by atoms with E-state index in [-0.39, 0.29) is 0 Å². The summed E-state index contributed by atoms with van der Waals surface area (Å²) in [6.07, 6.45) is 4.61. The van der Waals surface area contributed by atoms with Crippen molar-refractivity contribution in [2.45, 2.75) is 18.9 Å². The van der Waals surface area contributed by atoms with Crippen LogP contribution in [0.15, 0.2) is 12.3 Å². The van der Waals surface area contributed by atoms with Crippen LogP contribution < -0.4 is 5.32 Å². The number of hydrogen-bond donors (Lipinski definition) is 1. The normalized spacial score (nSPS) is 34.3. The molecule has 2 aliphatic rings. The molecule has 0 spiro atoms. The number of piperidine rings is 1. The van der Waals surface area contributed by atoms with Crippen molar-refractivity contribution in [3.05, 3.63) is 12.3 Å². The molecule has 0 aromatic carbocycles. The number of rotatable bonds is 2. The standard InChI is InChI=1S/C11H18N4/c1-14-5-4-11(13-14)12-10-3-7-15-6-2-9(10)8-15/h4-5,9-10H,2-3,6-8H2,1H3,(H,12,13). The summed E-state index contributed by atoms with van der Waals surface area (Å²) in [4.78, 5) is 2.57. The van der Waals surface area contributed by atoms with Gasteiger partial charge in [0.05, 0.1) is 0 Å². The Kier molecular flexibility index (Phi) is 2.16. The van der Waals surface area contributed by atoms with Gasteiger partial charge >= 0.3 is 0 Å². The zero-order valence-corrected chi connectivity index (χ0v) is 9.19. The molecule has 3 atom stereocenters. The molecule has 3 unspecified atom stereocenters. The number of aryl methyl sites for hydroxylation is 1. The van der Waals surface area contributed by atoms with E-state index in [1.807, 2.05) is 17.9 Å². The van der Waals surface area contributed by atoms with Gasteiger partial charge in [0.15, 0.2) is 0 Å². The minimum Gasteiger partial charge on any atom is -0.365 e. The lowest BCUT2D eigenvalue weighted by atomic mass is 9.94. The van der Waals surface area contributed by atoms with Gasteiger partial charge in [-0.1, -0.05) is 0 Å². The molecule has 0 amide bonds. The van der Waals surface area contributed by atoms with Crippen molar-refractivity contribution in [2.75, 3.05) is 25.0 Å². The molecule has 0 radical (unpaired) electrons. The van der Waals surface area contributed by atoms with Crippen molar-refractivity contribution in [1.29, 1.82) is 0 Å². The van der Waals surface area contributed by atoms with Gasteiger partial charge in [0.25, 0.3) is 0 Å². The van der Waals surface area contributed by atoms with Crippen molar-refractivity contribution in [1.82, 2.24) is 14.7 Å². The first kappa shape index (κ1) is 9.21. The second kappa shape index (κ2) is 3.52. The van der Waals surface area contributed by atoms with Gasteiger partial charge in [0.1, 0.15) is 5.82 Å². The average Bonchev–Trinajstić information content (AvgIpc) is 2.79. The van der Waals surface area contributed by atoms with Crippen molar-refractivity contribution in [2.24, 2.45) is 13.0 Å². The number of fused-ring (bicyclic) bond motifs is 2. The third kappa shape index (κ3) is 1.74. The van der Waals surface area contributed by atoms with Crippen molar-refractivity contribution >= 4 is 5.82 Å². The molecule has 82 valence electrons. The van der Waals surface area contributed by atoms with E-state index in [1.165, 1.54) is 32.5 Å². The summed E-state index contributed by atoms with van der Waals surface area (Å²) < 4.78 is 1.85. The van der Waals surface area contributed by atoms with E-state index in [9.17, 15) is 0 Å². The lowest BCUT2D eigenvalue weighted by molar-refractivity contribution is 0.254. The molecule has 2 aliphatic heterocycles. The molecular formula is C11H18N4. The molecule has 3 rings (SSSR count). The predicted octanol–water partition coefficient (Wildman–Crippen LogP) is 0.926. The van der Waals surface area contributed by atoms with Gasteiger partial charge in [-0.3, -0.25) is 4.68 Å². The molecule has 15 heavy (non-hydrogen) atoms. The first-order valence-corrected chi connectivity index (χ1v) is 5.80. The first-order valence-electron chi connectivity index (χ1n) is 5.80. The predicted molar refractivity (Wildman–Crippen MR) is 59.8 cm³/mol. The summed E-state index contributed by atoms with van der Waals surface area (Å²) >= 11 is 0. The Balaban J connectivity index is 1.67. The van der Waals surface area contributed by atoms with Crippen LogP contribution in [-0.4, -0.2) is 40.4 Å². The van der Waals surface area contributed by atoms with Crippen LogP contribution in [0.5, 0.6) is 0 Å². The molecule has 4 nitrogen and oxygen atoms in total. The van der Waals surface area contributed by atoms with Crippen molar-refractivity contribution < 1.29 is 0 Å². The Bertz CT molecular complexity index is 346. The fraction of sp³-hybridized carbons (Fsp3) is 0.727. The number of anilines is 1. The Labute approximate surface area is 90.3 Å². The highest BCUT2D eigenvalue weighted by molar-refractivity contribution is 5.34. The number of aromatic nitrogens is 2. The van der Waals surface area contributed by atoms with Crippen molar-refractivity contribution in [3.8, 4) is 0 Å². The quantitative estimate of drug-likeness (QED) is 0.781. The summed E-state index contributed by atoms with van der Waals surface area (Å²) in [5.41, 5.74) is 0. The fourth-order valence-corrected chi connectivity index (χ4v) is 2.82. The Morgan fingerprint density at radius 3 is 3.07 bits per heavy atom. The summed E-state index contributed by atoms with van der Waals surface area (Å²) in [6.45, 7) is 3.83. The SMILES string of the molecule is Cn1ccc(NC2CCN3CCC2C3)n1. The van der Waals surface area contributed by atoms with Crippen LogP contribution in [0.2, 0.25) is 0 Å². The maximum Gasteiger partial charge on any atom is 0.148 e. The average molecular weight is 206 g/mol. The van der Waals surface area contributed by atoms with E-state index < -0.39 is 0 Å². The van der Waals surface area contributed by atoms with E-state index >= 15 is 0 Å². The zero-order valence-electron chi connectivity index (χ0n) is 9.19. The lowest BCUT2D eigenvalue weighted by Crippen LogP contribution is -2.39. The maximum absolute atomic E-state index is 4.38. The second-order valence-electron chi connectivity index (χ2n) is 4.76. The number of hydrogen-bond acceptors (Lipinski definition) is 3. The number of nitrogens with zero attached hydrogens (tertiary/aromatic N) is 3. The van der Waals surface area contributed by atoms with Gasteiger partial charge in [0.2, 0.25) is 0 Å². The largest absolute Gasteiger partial charge is 0.365 e. The van der Waals surface area contributed by atoms with Gasteiger partial charge in [0, 0.05) is 38.4 Å². The molecule has 1 N–H and O–H groups in total. The lowest BCUT2D eigenvalue weighted by Gasteiger charge is -2.30. The summed E-state index contributed by atoms with van der Waals surface area (Å²) in [5.74, 6) is 1.86. The fourth-order valence-electron chi connectivity index (χ4n) is 2.82. The minimum absolute atomic E-state index is 0.638. The third-order valence-corrected chi connectivity index (χ3v) is 3.68.